The normalized spacial score (nSPS) is 12.1. The zero-order valence-electron chi connectivity index (χ0n) is 18.5. The van der Waals surface area contributed by atoms with E-state index in [0.29, 0.717) is 18.0 Å². The Bertz CT molecular complexity index is 1150. The molecule has 0 unspecified atom stereocenters. The minimum Gasteiger partial charge on any atom is -0.492 e. The van der Waals surface area contributed by atoms with Crippen molar-refractivity contribution in [2.24, 2.45) is 0 Å². The summed E-state index contributed by atoms with van der Waals surface area (Å²) in [6, 6.07) is 22.5. The van der Waals surface area contributed by atoms with E-state index in [-0.39, 0.29) is 17.5 Å². The molecule has 0 spiro atoms. The molecular weight excluding hydrogens is 424 g/mol. The van der Waals surface area contributed by atoms with Gasteiger partial charge in [0.2, 0.25) is 5.91 Å². The summed E-state index contributed by atoms with van der Waals surface area (Å²) in [5.74, 6) is -0.0160. The molecule has 0 aliphatic carbocycles. The minimum atomic E-state index is -4.00. The number of aryl methyl sites for hydroxylation is 1. The number of nitrogens with zero attached hydrogens (tertiary/aromatic N) is 1. The van der Waals surface area contributed by atoms with Crippen molar-refractivity contribution in [1.29, 1.82) is 0 Å². The Kier molecular flexibility index (Phi) is 7.53. The Hall–Kier alpha value is -3.32. The summed E-state index contributed by atoms with van der Waals surface area (Å²) >= 11 is 0. The van der Waals surface area contributed by atoms with E-state index in [4.69, 9.17) is 4.74 Å². The average molecular weight is 453 g/mol. The lowest BCUT2D eigenvalue weighted by Crippen LogP contribution is -2.41. The molecule has 3 aromatic rings. The van der Waals surface area contributed by atoms with Gasteiger partial charge >= 0.3 is 0 Å². The first-order valence-corrected chi connectivity index (χ1v) is 11.9. The Balaban J connectivity index is 1.93. The van der Waals surface area contributed by atoms with E-state index in [1.165, 1.54) is 12.1 Å². The number of benzene rings is 3. The second-order valence-electron chi connectivity index (χ2n) is 7.43. The molecule has 1 atom stereocenters. The van der Waals surface area contributed by atoms with E-state index >= 15 is 0 Å². The molecule has 0 aliphatic heterocycles. The van der Waals surface area contributed by atoms with Gasteiger partial charge < -0.3 is 10.1 Å². The number of sulfonamides is 1. The second kappa shape index (κ2) is 10.3. The van der Waals surface area contributed by atoms with Crippen LogP contribution in [-0.2, 0) is 14.8 Å². The lowest BCUT2D eigenvalue weighted by atomic mass is 10.1. The van der Waals surface area contributed by atoms with Gasteiger partial charge in [0, 0.05) is 0 Å². The van der Waals surface area contributed by atoms with Crippen LogP contribution in [0.4, 0.5) is 5.69 Å². The molecule has 1 amide bonds. The Morgan fingerprint density at radius 1 is 0.969 bits per heavy atom. The topological polar surface area (TPSA) is 75.7 Å². The third-order valence-electron chi connectivity index (χ3n) is 5.01. The summed E-state index contributed by atoms with van der Waals surface area (Å²) in [4.78, 5) is 13.1. The fourth-order valence-corrected chi connectivity index (χ4v) is 4.77. The minimum absolute atomic E-state index is 0.102. The lowest BCUT2D eigenvalue weighted by molar-refractivity contribution is -0.120. The maximum Gasteiger partial charge on any atom is 0.264 e. The fourth-order valence-electron chi connectivity index (χ4n) is 3.32. The highest BCUT2D eigenvalue weighted by Crippen LogP contribution is 2.32. The largest absolute Gasteiger partial charge is 0.492 e. The van der Waals surface area contributed by atoms with Gasteiger partial charge in [0.05, 0.1) is 23.2 Å². The van der Waals surface area contributed by atoms with Crippen molar-refractivity contribution >= 4 is 21.6 Å². The molecule has 0 aliphatic rings. The van der Waals surface area contributed by atoms with E-state index in [0.717, 1.165) is 15.4 Å². The first-order chi connectivity index (χ1) is 15.3. The van der Waals surface area contributed by atoms with Crippen LogP contribution in [0.1, 0.15) is 31.0 Å². The Morgan fingerprint density at radius 3 is 2.25 bits per heavy atom. The number of ether oxygens (including phenoxy) is 1. The average Bonchev–Trinajstić information content (AvgIpc) is 2.79. The predicted molar refractivity (Wildman–Crippen MR) is 126 cm³/mol. The van der Waals surface area contributed by atoms with Crippen LogP contribution in [0.25, 0.3) is 0 Å². The highest BCUT2D eigenvalue weighted by Gasteiger charge is 2.29. The van der Waals surface area contributed by atoms with Gasteiger partial charge in [-0.2, -0.15) is 0 Å². The van der Waals surface area contributed by atoms with Crippen molar-refractivity contribution in [3.8, 4) is 5.75 Å². The quantitative estimate of drug-likeness (QED) is 0.520. The van der Waals surface area contributed by atoms with E-state index in [1.54, 1.807) is 42.5 Å². The molecule has 0 aromatic heterocycles. The van der Waals surface area contributed by atoms with E-state index in [2.05, 4.69) is 5.32 Å². The molecule has 0 fully saturated rings. The molecule has 3 aromatic carbocycles. The maximum atomic E-state index is 13.5. The summed E-state index contributed by atoms with van der Waals surface area (Å²) in [7, 11) is -4.00. The number of para-hydroxylation sites is 2. The second-order valence-corrected chi connectivity index (χ2v) is 9.29. The third kappa shape index (κ3) is 5.48. The van der Waals surface area contributed by atoms with E-state index in [9.17, 15) is 13.2 Å². The zero-order valence-corrected chi connectivity index (χ0v) is 19.3. The predicted octanol–water partition coefficient (Wildman–Crippen LogP) is 4.47. The molecule has 3 rings (SSSR count). The SMILES string of the molecule is CCOc1ccccc1N(CC(=O)N[C@H](C)c1ccc(C)cc1)S(=O)(=O)c1ccccc1. The molecule has 1 N–H and O–H groups in total. The number of hydrogen-bond donors (Lipinski definition) is 1. The molecule has 0 saturated carbocycles. The first-order valence-electron chi connectivity index (χ1n) is 10.5. The summed E-state index contributed by atoms with van der Waals surface area (Å²) in [5.41, 5.74) is 2.38. The van der Waals surface area contributed by atoms with Crippen LogP contribution in [0.5, 0.6) is 5.75 Å². The van der Waals surface area contributed by atoms with Crippen LogP contribution < -0.4 is 14.4 Å². The molecule has 0 radical (unpaired) electrons. The van der Waals surface area contributed by atoms with Crippen LogP contribution in [0, 0.1) is 6.92 Å². The highest BCUT2D eigenvalue weighted by atomic mass is 32.2. The third-order valence-corrected chi connectivity index (χ3v) is 6.78. The Labute approximate surface area is 189 Å². The molecule has 32 heavy (non-hydrogen) atoms. The maximum absolute atomic E-state index is 13.5. The summed E-state index contributed by atoms with van der Waals surface area (Å²) in [6.45, 7) is 5.68. The van der Waals surface area contributed by atoms with Crippen LogP contribution in [0.15, 0.2) is 83.8 Å². The molecule has 0 saturated heterocycles. The van der Waals surface area contributed by atoms with Crippen LogP contribution >= 0.6 is 0 Å². The molecule has 6 nitrogen and oxygen atoms in total. The van der Waals surface area contributed by atoms with Gasteiger partial charge in [0.15, 0.2) is 0 Å². The summed E-state index contributed by atoms with van der Waals surface area (Å²) in [5, 5.41) is 2.91. The van der Waals surface area contributed by atoms with Gasteiger partial charge in [0.1, 0.15) is 12.3 Å². The van der Waals surface area contributed by atoms with Crippen LogP contribution in [-0.4, -0.2) is 27.5 Å². The lowest BCUT2D eigenvalue weighted by Gasteiger charge is -2.26. The number of amides is 1. The van der Waals surface area contributed by atoms with Crippen molar-refractivity contribution < 1.29 is 17.9 Å². The highest BCUT2D eigenvalue weighted by molar-refractivity contribution is 7.92. The van der Waals surface area contributed by atoms with Gasteiger partial charge in [-0.05, 0) is 50.6 Å². The standard InChI is InChI=1S/C25H28N2O4S/c1-4-31-24-13-9-8-12-23(24)27(32(29,30)22-10-6-5-7-11-22)18-25(28)26-20(3)21-16-14-19(2)15-17-21/h5-17,20H,4,18H2,1-3H3,(H,26,28)/t20-/m1/s1. The van der Waals surface area contributed by atoms with Crippen molar-refractivity contribution in [2.75, 3.05) is 17.5 Å². The number of hydrogen-bond acceptors (Lipinski definition) is 4. The molecule has 0 heterocycles. The number of nitrogens with one attached hydrogen (secondary N) is 1. The van der Waals surface area contributed by atoms with Crippen molar-refractivity contribution in [2.45, 2.75) is 31.7 Å². The first kappa shape index (κ1) is 23.3. The Morgan fingerprint density at radius 2 is 1.59 bits per heavy atom. The number of carbonyl (C=O) groups is 1. The van der Waals surface area contributed by atoms with E-state index < -0.39 is 15.9 Å². The summed E-state index contributed by atoms with van der Waals surface area (Å²) < 4.78 is 33.8. The van der Waals surface area contributed by atoms with Crippen LogP contribution in [0.3, 0.4) is 0 Å². The fraction of sp³-hybridized carbons (Fsp3) is 0.240. The van der Waals surface area contributed by atoms with Crippen LogP contribution in [0.2, 0.25) is 0 Å². The molecule has 7 heteroatoms. The smallest absolute Gasteiger partial charge is 0.264 e. The van der Waals surface area contributed by atoms with Gasteiger partial charge in [-0.15, -0.1) is 0 Å². The van der Waals surface area contributed by atoms with Crippen molar-refractivity contribution in [3.63, 3.8) is 0 Å². The van der Waals surface area contributed by atoms with E-state index in [1.807, 2.05) is 45.0 Å². The summed E-state index contributed by atoms with van der Waals surface area (Å²) in [6.07, 6.45) is 0. The van der Waals surface area contributed by atoms with Crippen molar-refractivity contribution in [1.82, 2.24) is 5.32 Å². The van der Waals surface area contributed by atoms with Gasteiger partial charge in [0.25, 0.3) is 10.0 Å². The molecule has 0 bridgehead atoms. The number of rotatable bonds is 9. The van der Waals surface area contributed by atoms with Crippen molar-refractivity contribution in [3.05, 3.63) is 90.0 Å². The molecular formula is C25H28N2O4S. The molecule has 168 valence electrons. The van der Waals surface area contributed by atoms with Gasteiger partial charge in [-0.3, -0.25) is 9.10 Å². The van der Waals surface area contributed by atoms with Gasteiger partial charge in [-0.25, -0.2) is 8.42 Å². The zero-order chi connectivity index (χ0) is 23.1. The number of anilines is 1. The monoisotopic (exact) mass is 452 g/mol. The number of carbonyl (C=O) groups excluding carboxylic acids is 1. The van der Waals surface area contributed by atoms with Gasteiger partial charge in [-0.1, -0.05) is 60.2 Å².